The summed E-state index contributed by atoms with van der Waals surface area (Å²) >= 11 is 21.7. The van der Waals surface area contributed by atoms with Crippen LogP contribution in [0.3, 0.4) is 0 Å². The van der Waals surface area contributed by atoms with E-state index < -0.39 is 81.4 Å². The van der Waals surface area contributed by atoms with Crippen molar-refractivity contribution in [1.29, 1.82) is 0 Å². The first-order chi connectivity index (χ1) is 21.7. The number of thiol groups is 1. The van der Waals surface area contributed by atoms with Crippen molar-refractivity contribution >= 4 is 88.9 Å². The Bertz CT molecular complexity index is 2000. The van der Waals surface area contributed by atoms with Crippen LogP contribution in [0.2, 0.25) is 10.0 Å². The Hall–Kier alpha value is -1.71. The van der Waals surface area contributed by atoms with E-state index in [1.807, 2.05) is 0 Å². The fraction of sp³-hybridized carbons (Fsp3) is 0.455. The second-order valence-corrected chi connectivity index (χ2v) is 16.9. The summed E-state index contributed by atoms with van der Waals surface area (Å²) in [5.74, 6) is -0.215. The van der Waals surface area contributed by atoms with Gasteiger partial charge in [-0.2, -0.15) is 4.98 Å². The Morgan fingerprint density at radius 3 is 2.48 bits per heavy atom. The van der Waals surface area contributed by atoms with E-state index >= 15 is 0 Å². The number of nitrogens with zero attached hydrogens (tertiary/aromatic N) is 5. The molecule has 3 aliphatic heterocycles. The van der Waals surface area contributed by atoms with E-state index in [0.717, 1.165) is 0 Å². The molecule has 4 aromatic rings. The number of imidazole rings is 2. The van der Waals surface area contributed by atoms with E-state index in [4.69, 9.17) is 68.3 Å². The molecule has 10 atom stereocenters. The molecule has 248 valence electrons. The molecule has 0 saturated carbocycles. The van der Waals surface area contributed by atoms with Crippen LogP contribution in [0.15, 0.2) is 29.6 Å². The molecule has 18 nitrogen and oxygen atoms in total. The number of aliphatic hydroxyl groups is 2. The molecular weight excluding hydrogens is 735 g/mol. The number of nitrogen functional groups attached to an aromatic ring is 1. The van der Waals surface area contributed by atoms with Gasteiger partial charge in [-0.25, -0.2) is 14.5 Å². The maximum Gasteiger partial charge on any atom is 0.386 e. The summed E-state index contributed by atoms with van der Waals surface area (Å²) in [7, 11) is 0. The summed E-state index contributed by atoms with van der Waals surface area (Å²) in [6.45, 7) is -9.65. The molecule has 0 aliphatic carbocycles. The highest BCUT2D eigenvalue weighted by Crippen LogP contribution is 2.58. The van der Waals surface area contributed by atoms with Crippen LogP contribution in [-0.2, 0) is 43.9 Å². The molecule has 0 amide bonds. The van der Waals surface area contributed by atoms with Crippen molar-refractivity contribution in [2.24, 2.45) is 0 Å². The lowest BCUT2D eigenvalue weighted by Crippen LogP contribution is -2.36. The second-order valence-electron chi connectivity index (χ2n) is 10.5. The number of fused-ring (bicyclic) bond motifs is 5. The van der Waals surface area contributed by atoms with Gasteiger partial charge in [-0.15, -0.1) is 0 Å². The van der Waals surface area contributed by atoms with Crippen molar-refractivity contribution in [3.8, 4) is 0 Å². The van der Waals surface area contributed by atoms with E-state index in [-0.39, 0.29) is 27.2 Å². The molecule has 46 heavy (non-hydrogen) atoms. The van der Waals surface area contributed by atoms with Gasteiger partial charge in [-0.3, -0.25) is 27.9 Å². The largest absolute Gasteiger partial charge is 0.387 e. The number of nitrogens with one attached hydrogen (secondary N) is 1. The molecule has 0 radical (unpaired) electrons. The lowest BCUT2D eigenvalue weighted by molar-refractivity contribution is -0.0593. The van der Waals surface area contributed by atoms with Crippen molar-refractivity contribution in [1.82, 2.24) is 29.1 Å². The normalized spacial score (nSPS) is 37.2. The molecule has 3 aromatic heterocycles. The Balaban J connectivity index is 1.21. The third-order valence-corrected chi connectivity index (χ3v) is 11.4. The summed E-state index contributed by atoms with van der Waals surface area (Å²) in [5.41, 5.74) is 5.84. The minimum Gasteiger partial charge on any atom is -0.387 e. The highest BCUT2D eigenvalue weighted by Gasteiger charge is 2.52. The molecule has 3 saturated heterocycles. The summed E-state index contributed by atoms with van der Waals surface area (Å²) in [5, 5.41) is 23.0. The number of rotatable bonds is 2. The van der Waals surface area contributed by atoms with Gasteiger partial charge in [-0.05, 0) is 23.9 Å². The molecule has 3 aliphatic rings. The maximum absolute atomic E-state index is 13.4. The average molecular weight is 758 g/mol. The Morgan fingerprint density at radius 1 is 1.00 bits per heavy atom. The number of nitrogens with two attached hydrogens (primary N) is 1. The molecule has 1 aromatic carbocycles. The second kappa shape index (κ2) is 12.0. The van der Waals surface area contributed by atoms with Crippen LogP contribution in [-0.4, -0.2) is 94.0 Å². The topological polar surface area (TPSA) is 241 Å². The molecule has 2 bridgehead atoms. The van der Waals surface area contributed by atoms with Crippen molar-refractivity contribution in [3.63, 3.8) is 0 Å². The highest BCUT2D eigenvalue weighted by atomic mass is 35.5. The Kier molecular flexibility index (Phi) is 8.57. The predicted molar refractivity (Wildman–Crippen MR) is 167 cm³/mol. The molecule has 24 heteroatoms. The number of hydrogen-bond donors (Lipinski definition) is 6. The quantitative estimate of drug-likeness (QED) is 0.126. The minimum atomic E-state index is -4.33. The van der Waals surface area contributed by atoms with E-state index in [1.54, 1.807) is 0 Å². The number of aromatic nitrogens is 6. The number of hydrogen-bond acceptors (Lipinski definition) is 15. The van der Waals surface area contributed by atoms with Crippen molar-refractivity contribution < 1.29 is 47.2 Å². The average Bonchev–Trinajstić information content (AvgIpc) is 3.72. The lowest BCUT2D eigenvalue weighted by atomic mass is 10.1. The van der Waals surface area contributed by atoms with Gasteiger partial charge < -0.3 is 39.4 Å². The van der Waals surface area contributed by atoms with Gasteiger partial charge >= 0.3 is 13.5 Å². The SMILES string of the molecule is Nc1nc2c(ncn2[C@@H]2O[C@@H]3COP(O)(=S)OC4[C@@H](O)[C@@H](COP(=O)(S)OC3[C@@H]2O)O[C@H]4n2cnc3cc(Cl)c(Cl)cc32)c(=O)[nH]1. The number of aromatic amines is 1. The molecule has 6 N–H and O–H groups in total. The highest BCUT2D eigenvalue weighted by molar-refractivity contribution is 8.44. The Labute approximate surface area is 277 Å². The van der Waals surface area contributed by atoms with E-state index in [1.165, 1.54) is 33.9 Å². The zero-order valence-electron chi connectivity index (χ0n) is 22.8. The molecule has 3 fully saturated rings. The van der Waals surface area contributed by atoms with Crippen LogP contribution in [0.25, 0.3) is 22.2 Å². The van der Waals surface area contributed by atoms with Crippen LogP contribution >= 0.6 is 49.0 Å². The first kappa shape index (κ1) is 32.8. The number of anilines is 1. The fourth-order valence-corrected chi connectivity index (χ4v) is 8.69. The summed E-state index contributed by atoms with van der Waals surface area (Å²) in [6.07, 6.45) is -8.30. The minimum absolute atomic E-state index is 0.0229. The third kappa shape index (κ3) is 5.93. The Morgan fingerprint density at radius 2 is 1.70 bits per heavy atom. The number of halogens is 2. The van der Waals surface area contributed by atoms with Gasteiger partial charge in [-0.1, -0.05) is 35.5 Å². The molecule has 7 rings (SSSR count). The monoisotopic (exact) mass is 757 g/mol. The van der Waals surface area contributed by atoms with Gasteiger partial charge in [0, 0.05) is 0 Å². The number of ether oxygens (including phenoxy) is 2. The van der Waals surface area contributed by atoms with Crippen LogP contribution in [0, 0.1) is 0 Å². The number of H-pyrrole nitrogens is 1. The van der Waals surface area contributed by atoms with Crippen molar-refractivity contribution in [3.05, 3.63) is 45.2 Å². The predicted octanol–water partition coefficient (Wildman–Crippen LogP) is 1.65. The molecule has 0 spiro atoms. The van der Waals surface area contributed by atoms with Crippen molar-refractivity contribution in [2.45, 2.75) is 49.1 Å². The van der Waals surface area contributed by atoms with Crippen LogP contribution < -0.4 is 11.3 Å². The van der Waals surface area contributed by atoms with Crippen LogP contribution in [0.5, 0.6) is 0 Å². The van der Waals surface area contributed by atoms with E-state index in [0.29, 0.717) is 11.0 Å². The first-order valence-electron chi connectivity index (χ1n) is 13.2. The lowest BCUT2D eigenvalue weighted by Gasteiger charge is -2.27. The summed E-state index contributed by atoms with van der Waals surface area (Å²) in [6, 6.07) is 3.07. The van der Waals surface area contributed by atoms with E-state index in [2.05, 4.69) is 32.2 Å². The number of aliphatic hydroxyl groups excluding tert-OH is 2. The fourth-order valence-electron chi connectivity index (χ4n) is 5.47. The zero-order valence-corrected chi connectivity index (χ0v) is 27.8. The van der Waals surface area contributed by atoms with Gasteiger partial charge in [0.1, 0.15) is 36.6 Å². The molecule has 4 unspecified atom stereocenters. The van der Waals surface area contributed by atoms with E-state index in [9.17, 15) is 24.5 Å². The van der Waals surface area contributed by atoms with Gasteiger partial charge in [0.05, 0.1) is 46.9 Å². The van der Waals surface area contributed by atoms with Gasteiger partial charge in [0.2, 0.25) is 5.95 Å². The maximum atomic E-state index is 13.4. The number of benzene rings is 1. The zero-order chi connectivity index (χ0) is 32.7. The first-order valence-corrected chi connectivity index (χ1v) is 19.3. The molecular formula is C22H23Cl2N7O11P2S2. The van der Waals surface area contributed by atoms with Crippen molar-refractivity contribution in [2.75, 3.05) is 18.9 Å². The summed E-state index contributed by atoms with van der Waals surface area (Å²) < 4.78 is 50.7. The summed E-state index contributed by atoms with van der Waals surface area (Å²) in [4.78, 5) is 38.1. The van der Waals surface area contributed by atoms with Crippen LogP contribution in [0.1, 0.15) is 12.5 Å². The third-order valence-electron chi connectivity index (χ3n) is 7.55. The smallest absolute Gasteiger partial charge is 0.386 e. The van der Waals surface area contributed by atoms with Gasteiger partial charge in [0.15, 0.2) is 23.6 Å². The van der Waals surface area contributed by atoms with Gasteiger partial charge in [0.25, 0.3) is 5.56 Å². The van der Waals surface area contributed by atoms with Crippen LogP contribution in [0.4, 0.5) is 5.95 Å². The molecule has 6 heterocycles. The standard InChI is InChI=1S/C22H23Cl2N7O11P2S2/c23-7-1-9-10(2-8(7)24)30(5-26-9)21-17-14(32)11(39-21)3-37-43(35,45)41-16-12(4-38-44(36,46)42-17)40-20(15(16)33)31-6-27-13-18(31)28-22(25)29-19(13)34/h1-2,5-6,11-12,14-17,20-21,32-33H,3-4H2,(H,35,45)(H,36,46)(H3,25,28,29,34)/t11-,12-,14+,15+,16?,17?,20-,21-,43?,44?/m1/s1.